The van der Waals surface area contributed by atoms with Gasteiger partial charge in [0.25, 0.3) is 0 Å². The summed E-state index contributed by atoms with van der Waals surface area (Å²) in [7, 11) is 0. The first-order valence-electron chi connectivity index (χ1n) is 6.30. The zero-order chi connectivity index (χ0) is 13.1. The van der Waals surface area contributed by atoms with Gasteiger partial charge in [-0.2, -0.15) is 0 Å². The van der Waals surface area contributed by atoms with Crippen molar-refractivity contribution in [3.8, 4) is 0 Å². The van der Waals surface area contributed by atoms with Crippen LogP contribution in [0.5, 0.6) is 0 Å². The molecule has 0 amide bonds. The molecule has 0 aliphatic carbocycles. The molecular weight excluding hydrogens is 294 g/mol. The summed E-state index contributed by atoms with van der Waals surface area (Å²) in [4.78, 5) is 1.46. The van der Waals surface area contributed by atoms with E-state index in [-0.39, 0.29) is 0 Å². The molecule has 1 nitrogen and oxygen atoms in total. The molecule has 0 aromatic carbocycles. The van der Waals surface area contributed by atoms with E-state index in [0.29, 0.717) is 17.4 Å². The van der Waals surface area contributed by atoms with Gasteiger partial charge in [0.2, 0.25) is 0 Å². The first-order valence-corrected chi connectivity index (χ1v) is 7.97. The molecule has 1 aromatic rings. The number of halogens is 1. The van der Waals surface area contributed by atoms with Crippen molar-refractivity contribution >= 4 is 27.3 Å². The molecule has 1 aromatic heterocycles. The lowest BCUT2D eigenvalue weighted by Crippen LogP contribution is -2.40. The summed E-state index contributed by atoms with van der Waals surface area (Å²) < 4.78 is 1.26. The van der Waals surface area contributed by atoms with Gasteiger partial charge in [0.1, 0.15) is 0 Å². The third-order valence-corrected chi connectivity index (χ3v) is 5.49. The standard InChI is InChI=1S/C14H24BrNS/c1-10(2)14(5,9-16-11(3)4)8-13-12(15)6-7-17-13/h6-7,10-11,16H,8-9H2,1-5H3. The molecular formula is C14H24BrNS. The number of hydrogen-bond donors (Lipinski definition) is 1. The lowest BCUT2D eigenvalue weighted by Gasteiger charge is -2.35. The quantitative estimate of drug-likeness (QED) is 0.801. The minimum atomic E-state index is 0.317. The van der Waals surface area contributed by atoms with Crippen molar-refractivity contribution in [3.63, 3.8) is 0 Å². The fourth-order valence-corrected chi connectivity index (χ4v) is 3.42. The van der Waals surface area contributed by atoms with Crippen molar-refractivity contribution in [1.82, 2.24) is 5.32 Å². The molecule has 1 unspecified atom stereocenters. The lowest BCUT2D eigenvalue weighted by molar-refractivity contribution is 0.203. The van der Waals surface area contributed by atoms with Gasteiger partial charge >= 0.3 is 0 Å². The highest BCUT2D eigenvalue weighted by Gasteiger charge is 2.29. The van der Waals surface area contributed by atoms with Gasteiger partial charge in [0, 0.05) is 21.9 Å². The minimum Gasteiger partial charge on any atom is -0.314 e. The summed E-state index contributed by atoms with van der Waals surface area (Å²) in [5.74, 6) is 0.669. The maximum atomic E-state index is 3.64. The average Bonchev–Trinajstić information content (AvgIpc) is 2.61. The van der Waals surface area contributed by atoms with Gasteiger partial charge < -0.3 is 5.32 Å². The van der Waals surface area contributed by atoms with Gasteiger partial charge in [-0.1, -0.05) is 34.6 Å². The maximum absolute atomic E-state index is 3.64. The van der Waals surface area contributed by atoms with Gasteiger partial charge in [0.05, 0.1) is 0 Å². The van der Waals surface area contributed by atoms with Crippen LogP contribution in [0.25, 0.3) is 0 Å². The van der Waals surface area contributed by atoms with Crippen LogP contribution in [0.1, 0.15) is 39.5 Å². The molecule has 0 saturated heterocycles. The monoisotopic (exact) mass is 317 g/mol. The molecule has 0 aliphatic heterocycles. The van der Waals surface area contributed by atoms with Crippen LogP contribution in [0.2, 0.25) is 0 Å². The zero-order valence-electron chi connectivity index (χ0n) is 11.5. The van der Waals surface area contributed by atoms with Crippen molar-refractivity contribution in [3.05, 3.63) is 20.8 Å². The van der Waals surface area contributed by atoms with E-state index >= 15 is 0 Å². The van der Waals surface area contributed by atoms with E-state index in [2.05, 4.69) is 67.3 Å². The normalized spacial score (nSPS) is 15.5. The summed E-state index contributed by atoms with van der Waals surface area (Å²) in [6.07, 6.45) is 1.14. The first-order chi connectivity index (χ1) is 7.85. The second-order valence-electron chi connectivity index (χ2n) is 5.71. The second-order valence-corrected chi connectivity index (χ2v) is 7.57. The van der Waals surface area contributed by atoms with Crippen LogP contribution in [-0.4, -0.2) is 12.6 Å². The number of rotatable bonds is 6. The molecule has 0 saturated carbocycles. The largest absolute Gasteiger partial charge is 0.314 e. The smallest absolute Gasteiger partial charge is 0.0314 e. The average molecular weight is 318 g/mol. The maximum Gasteiger partial charge on any atom is 0.0314 e. The molecule has 1 N–H and O–H groups in total. The highest BCUT2D eigenvalue weighted by Crippen LogP contribution is 2.35. The van der Waals surface area contributed by atoms with Crippen LogP contribution in [0.15, 0.2) is 15.9 Å². The Balaban J connectivity index is 2.74. The van der Waals surface area contributed by atoms with E-state index in [9.17, 15) is 0 Å². The van der Waals surface area contributed by atoms with Crippen molar-refractivity contribution < 1.29 is 0 Å². The van der Waals surface area contributed by atoms with E-state index in [1.54, 1.807) is 0 Å². The predicted octanol–water partition coefficient (Wildman–Crippen LogP) is 4.71. The Morgan fingerprint density at radius 2 is 2.00 bits per heavy atom. The minimum absolute atomic E-state index is 0.317. The van der Waals surface area contributed by atoms with E-state index in [0.717, 1.165) is 13.0 Å². The van der Waals surface area contributed by atoms with Crippen LogP contribution in [0.4, 0.5) is 0 Å². The second kappa shape index (κ2) is 6.35. The van der Waals surface area contributed by atoms with E-state index in [4.69, 9.17) is 0 Å². The van der Waals surface area contributed by atoms with Crippen molar-refractivity contribution in [1.29, 1.82) is 0 Å². The van der Waals surface area contributed by atoms with Crippen molar-refractivity contribution in [2.24, 2.45) is 11.3 Å². The van der Waals surface area contributed by atoms with Crippen LogP contribution in [0, 0.1) is 11.3 Å². The number of nitrogens with one attached hydrogen (secondary N) is 1. The molecule has 17 heavy (non-hydrogen) atoms. The molecule has 1 atom stereocenters. The third kappa shape index (κ3) is 4.38. The van der Waals surface area contributed by atoms with Crippen LogP contribution in [0.3, 0.4) is 0 Å². The lowest BCUT2D eigenvalue weighted by atomic mass is 9.75. The Morgan fingerprint density at radius 3 is 2.41 bits per heavy atom. The summed E-state index contributed by atoms with van der Waals surface area (Å²) in [6, 6.07) is 2.70. The SMILES string of the molecule is CC(C)NCC(C)(Cc1sccc1Br)C(C)C. The van der Waals surface area contributed by atoms with Gasteiger partial charge in [0.15, 0.2) is 0 Å². The van der Waals surface area contributed by atoms with Crippen molar-refractivity contribution in [2.75, 3.05) is 6.54 Å². The third-order valence-electron chi connectivity index (χ3n) is 3.56. The Kier molecular flexibility index (Phi) is 5.68. The summed E-state index contributed by atoms with van der Waals surface area (Å²) >= 11 is 5.49. The molecule has 0 aliphatic rings. The molecule has 0 spiro atoms. The van der Waals surface area contributed by atoms with Crippen LogP contribution in [-0.2, 0) is 6.42 Å². The van der Waals surface area contributed by atoms with E-state index in [1.807, 2.05) is 11.3 Å². The molecule has 1 rings (SSSR count). The molecule has 98 valence electrons. The molecule has 0 bridgehead atoms. The zero-order valence-corrected chi connectivity index (χ0v) is 13.9. The van der Waals surface area contributed by atoms with Gasteiger partial charge in [-0.15, -0.1) is 11.3 Å². The molecule has 0 radical (unpaired) electrons. The number of thiophene rings is 1. The Labute approximate surface area is 118 Å². The van der Waals surface area contributed by atoms with Crippen LogP contribution < -0.4 is 5.32 Å². The van der Waals surface area contributed by atoms with E-state index in [1.165, 1.54) is 9.35 Å². The summed E-state index contributed by atoms with van der Waals surface area (Å²) in [6.45, 7) is 12.5. The molecule has 1 heterocycles. The van der Waals surface area contributed by atoms with E-state index < -0.39 is 0 Å². The Morgan fingerprint density at radius 1 is 1.35 bits per heavy atom. The molecule has 0 fully saturated rings. The topological polar surface area (TPSA) is 12.0 Å². The predicted molar refractivity (Wildman–Crippen MR) is 81.8 cm³/mol. The van der Waals surface area contributed by atoms with Gasteiger partial charge in [-0.05, 0) is 45.1 Å². The Hall–Kier alpha value is 0.140. The van der Waals surface area contributed by atoms with Crippen LogP contribution >= 0.6 is 27.3 Å². The summed E-state index contributed by atoms with van der Waals surface area (Å²) in [5, 5.41) is 5.75. The van der Waals surface area contributed by atoms with Gasteiger partial charge in [-0.25, -0.2) is 0 Å². The highest BCUT2D eigenvalue weighted by molar-refractivity contribution is 9.10. The fraction of sp³-hybridized carbons (Fsp3) is 0.714. The van der Waals surface area contributed by atoms with Crippen molar-refractivity contribution in [2.45, 2.75) is 47.1 Å². The molecule has 3 heteroatoms. The first kappa shape index (κ1) is 15.2. The highest BCUT2D eigenvalue weighted by atomic mass is 79.9. The Bertz CT molecular complexity index is 346. The number of hydrogen-bond acceptors (Lipinski definition) is 2. The van der Waals surface area contributed by atoms with Gasteiger partial charge in [-0.3, -0.25) is 0 Å². The summed E-state index contributed by atoms with van der Waals surface area (Å²) in [5.41, 5.74) is 0.317. The fourth-order valence-electron chi connectivity index (χ4n) is 1.73.